The Bertz CT molecular complexity index is 205. The predicted octanol–water partition coefficient (Wildman–Crippen LogP) is 1.75. The maximum Gasteiger partial charge on any atom is 0.0611 e. The van der Waals surface area contributed by atoms with E-state index in [1.54, 1.807) is 0 Å². The molecule has 0 fully saturated rings. The lowest BCUT2D eigenvalue weighted by Crippen LogP contribution is -2.22. The SMILES string of the molecule is CCC#CC#CCN(CC)CC. The minimum absolute atomic E-state index is 0.839. The van der Waals surface area contributed by atoms with Crippen LogP contribution in [-0.2, 0) is 0 Å². The molecule has 0 spiro atoms. The summed E-state index contributed by atoms with van der Waals surface area (Å²) in [5.74, 6) is 11.6. The molecule has 0 aliphatic heterocycles. The van der Waals surface area contributed by atoms with Gasteiger partial charge in [-0.25, -0.2) is 0 Å². The zero-order chi connectivity index (χ0) is 9.23. The van der Waals surface area contributed by atoms with E-state index >= 15 is 0 Å². The second-order valence-electron chi connectivity index (χ2n) is 2.42. The van der Waals surface area contributed by atoms with Crippen molar-refractivity contribution in [1.29, 1.82) is 0 Å². The fourth-order valence-electron chi connectivity index (χ4n) is 0.775. The van der Waals surface area contributed by atoms with Crippen molar-refractivity contribution < 1.29 is 0 Å². The molecule has 0 aromatic carbocycles. The van der Waals surface area contributed by atoms with Crippen LogP contribution in [0.25, 0.3) is 0 Å². The predicted molar refractivity (Wildman–Crippen MR) is 53.6 cm³/mol. The lowest BCUT2D eigenvalue weighted by molar-refractivity contribution is 0.342. The van der Waals surface area contributed by atoms with Crippen molar-refractivity contribution in [3.63, 3.8) is 0 Å². The van der Waals surface area contributed by atoms with Crippen molar-refractivity contribution in [2.24, 2.45) is 0 Å². The first-order valence-corrected chi connectivity index (χ1v) is 4.53. The molecule has 0 heterocycles. The van der Waals surface area contributed by atoms with E-state index in [0.29, 0.717) is 0 Å². The van der Waals surface area contributed by atoms with E-state index in [1.807, 2.05) is 6.92 Å². The Balaban J connectivity index is 3.68. The van der Waals surface area contributed by atoms with Gasteiger partial charge in [-0.2, -0.15) is 0 Å². The highest BCUT2D eigenvalue weighted by atomic mass is 15.1. The molecule has 0 saturated heterocycles. The molecule has 0 rings (SSSR count). The topological polar surface area (TPSA) is 3.24 Å². The van der Waals surface area contributed by atoms with Gasteiger partial charge < -0.3 is 0 Å². The average Bonchev–Trinajstić information content (AvgIpc) is 2.11. The lowest BCUT2D eigenvalue weighted by Gasteiger charge is -2.12. The molecule has 0 aromatic rings. The molecule has 12 heavy (non-hydrogen) atoms. The summed E-state index contributed by atoms with van der Waals surface area (Å²) in [6, 6.07) is 0. The van der Waals surface area contributed by atoms with Gasteiger partial charge in [-0.1, -0.05) is 32.6 Å². The van der Waals surface area contributed by atoms with Gasteiger partial charge in [0.15, 0.2) is 0 Å². The summed E-state index contributed by atoms with van der Waals surface area (Å²) in [6.45, 7) is 9.27. The van der Waals surface area contributed by atoms with Crippen molar-refractivity contribution in [1.82, 2.24) is 4.90 Å². The largest absolute Gasteiger partial charge is 0.293 e. The van der Waals surface area contributed by atoms with Gasteiger partial charge in [0.2, 0.25) is 0 Å². The van der Waals surface area contributed by atoms with Crippen molar-refractivity contribution in [3.05, 3.63) is 0 Å². The van der Waals surface area contributed by atoms with Crippen LogP contribution in [0.5, 0.6) is 0 Å². The highest BCUT2D eigenvalue weighted by molar-refractivity contribution is 5.26. The van der Waals surface area contributed by atoms with Gasteiger partial charge in [0.05, 0.1) is 6.54 Å². The van der Waals surface area contributed by atoms with Crippen LogP contribution in [0.4, 0.5) is 0 Å². The van der Waals surface area contributed by atoms with Crippen LogP contribution in [0, 0.1) is 23.7 Å². The Morgan fingerprint density at radius 3 is 2.00 bits per heavy atom. The van der Waals surface area contributed by atoms with Gasteiger partial charge in [-0.15, -0.1) is 0 Å². The van der Waals surface area contributed by atoms with Crippen LogP contribution >= 0.6 is 0 Å². The number of hydrogen-bond acceptors (Lipinski definition) is 1. The fourth-order valence-corrected chi connectivity index (χ4v) is 0.775. The third kappa shape index (κ3) is 5.83. The van der Waals surface area contributed by atoms with Crippen molar-refractivity contribution in [3.8, 4) is 23.7 Å². The van der Waals surface area contributed by atoms with Crippen LogP contribution in [0.2, 0.25) is 0 Å². The van der Waals surface area contributed by atoms with Crippen LogP contribution in [0.3, 0.4) is 0 Å². The van der Waals surface area contributed by atoms with E-state index in [1.165, 1.54) is 0 Å². The minimum atomic E-state index is 0.839. The second-order valence-corrected chi connectivity index (χ2v) is 2.42. The molecular formula is C11H17N. The van der Waals surface area contributed by atoms with Crippen molar-refractivity contribution in [2.45, 2.75) is 27.2 Å². The molecule has 1 heteroatoms. The maximum absolute atomic E-state index is 3.02. The number of rotatable bonds is 3. The molecule has 0 atom stereocenters. The molecule has 0 saturated carbocycles. The monoisotopic (exact) mass is 163 g/mol. The Labute approximate surface area is 76.1 Å². The van der Waals surface area contributed by atoms with Gasteiger partial charge in [0, 0.05) is 6.42 Å². The molecule has 0 radical (unpaired) electrons. The smallest absolute Gasteiger partial charge is 0.0611 e. The van der Waals surface area contributed by atoms with Gasteiger partial charge in [0.25, 0.3) is 0 Å². The Morgan fingerprint density at radius 1 is 0.917 bits per heavy atom. The minimum Gasteiger partial charge on any atom is -0.293 e. The van der Waals surface area contributed by atoms with E-state index in [0.717, 1.165) is 26.1 Å². The average molecular weight is 163 g/mol. The van der Waals surface area contributed by atoms with E-state index in [-0.39, 0.29) is 0 Å². The van der Waals surface area contributed by atoms with E-state index in [4.69, 9.17) is 0 Å². The summed E-state index contributed by atoms with van der Waals surface area (Å²) in [5.41, 5.74) is 0. The molecule has 66 valence electrons. The van der Waals surface area contributed by atoms with Crippen LogP contribution in [0.1, 0.15) is 27.2 Å². The van der Waals surface area contributed by atoms with Crippen molar-refractivity contribution >= 4 is 0 Å². The second kappa shape index (κ2) is 8.18. The highest BCUT2D eigenvalue weighted by Crippen LogP contribution is 1.82. The van der Waals surface area contributed by atoms with E-state index in [2.05, 4.69) is 42.4 Å². The summed E-state index contributed by atoms with van der Waals surface area (Å²) in [6.07, 6.45) is 0.889. The van der Waals surface area contributed by atoms with Crippen LogP contribution in [0.15, 0.2) is 0 Å². The maximum atomic E-state index is 3.02. The molecule has 0 aliphatic carbocycles. The summed E-state index contributed by atoms with van der Waals surface area (Å²) in [7, 11) is 0. The Kier molecular flexibility index (Phi) is 7.55. The summed E-state index contributed by atoms with van der Waals surface area (Å²) in [5, 5.41) is 0. The molecule has 0 aliphatic rings. The van der Waals surface area contributed by atoms with Crippen LogP contribution < -0.4 is 0 Å². The van der Waals surface area contributed by atoms with Gasteiger partial charge in [-0.3, -0.25) is 4.90 Å². The molecule has 0 unspecified atom stereocenters. The van der Waals surface area contributed by atoms with E-state index in [9.17, 15) is 0 Å². The first-order chi connectivity index (χ1) is 5.85. The van der Waals surface area contributed by atoms with Crippen molar-refractivity contribution in [2.75, 3.05) is 19.6 Å². The fraction of sp³-hybridized carbons (Fsp3) is 0.636. The third-order valence-corrected chi connectivity index (χ3v) is 1.61. The summed E-state index contributed by atoms with van der Waals surface area (Å²) < 4.78 is 0. The first kappa shape index (κ1) is 11.1. The molecule has 1 nitrogen and oxygen atoms in total. The van der Waals surface area contributed by atoms with Gasteiger partial charge in [-0.05, 0) is 24.9 Å². The molecule has 0 N–H and O–H groups in total. The van der Waals surface area contributed by atoms with Gasteiger partial charge in [0.1, 0.15) is 0 Å². The van der Waals surface area contributed by atoms with E-state index < -0.39 is 0 Å². The third-order valence-electron chi connectivity index (χ3n) is 1.61. The quantitative estimate of drug-likeness (QED) is 0.573. The molecular weight excluding hydrogens is 146 g/mol. The zero-order valence-electron chi connectivity index (χ0n) is 8.28. The molecule has 0 bridgehead atoms. The normalized spacial score (nSPS) is 8.33. The van der Waals surface area contributed by atoms with Gasteiger partial charge >= 0.3 is 0 Å². The summed E-state index contributed by atoms with van der Waals surface area (Å²) in [4.78, 5) is 2.26. The number of hydrogen-bond donors (Lipinski definition) is 0. The summed E-state index contributed by atoms with van der Waals surface area (Å²) >= 11 is 0. The standard InChI is InChI=1S/C11H17N/c1-4-7-8-9-10-11-12(5-2)6-3/h4-6,11H2,1-3H3. The zero-order valence-corrected chi connectivity index (χ0v) is 8.28. The highest BCUT2D eigenvalue weighted by Gasteiger charge is 1.92. The Hall–Kier alpha value is -0.920. The lowest BCUT2D eigenvalue weighted by atomic mass is 10.4. The Morgan fingerprint density at radius 2 is 1.50 bits per heavy atom. The molecule has 0 aromatic heterocycles. The number of nitrogens with zero attached hydrogens (tertiary/aromatic N) is 1. The van der Waals surface area contributed by atoms with Crippen LogP contribution in [-0.4, -0.2) is 24.5 Å². The first-order valence-electron chi connectivity index (χ1n) is 4.53. The molecule has 0 amide bonds.